The Bertz CT molecular complexity index is 3460. The number of rotatable bonds is 3. The van der Waals surface area contributed by atoms with Crippen LogP contribution in [0, 0.1) is 0 Å². The van der Waals surface area contributed by atoms with Crippen LogP contribution in [0.4, 0.5) is 0 Å². The van der Waals surface area contributed by atoms with Crippen LogP contribution >= 0.6 is 11.3 Å². The summed E-state index contributed by atoms with van der Waals surface area (Å²) >= 11 is 1.86. The van der Waals surface area contributed by atoms with Crippen LogP contribution in [0.2, 0.25) is 0 Å². The molecule has 0 spiro atoms. The monoisotopic (exact) mass is 692 g/mol. The van der Waals surface area contributed by atoms with Crippen molar-refractivity contribution in [2.24, 2.45) is 0 Å². The van der Waals surface area contributed by atoms with Crippen LogP contribution in [0.3, 0.4) is 0 Å². The van der Waals surface area contributed by atoms with E-state index in [1.165, 1.54) is 64.0 Å². The van der Waals surface area contributed by atoms with Gasteiger partial charge in [-0.05, 0) is 87.6 Å². The normalized spacial score (nSPS) is 12.2. The van der Waals surface area contributed by atoms with Crippen molar-refractivity contribution in [1.82, 2.24) is 18.9 Å². The smallest absolute Gasteiger partial charge is 0.221 e. The fourth-order valence-corrected chi connectivity index (χ4v) is 9.57. The van der Waals surface area contributed by atoms with E-state index in [1.807, 2.05) is 11.3 Å². The van der Waals surface area contributed by atoms with Gasteiger partial charge in [0.1, 0.15) is 5.65 Å². The highest BCUT2D eigenvalue weighted by Crippen LogP contribution is 2.41. The van der Waals surface area contributed by atoms with Crippen molar-refractivity contribution in [3.8, 4) is 28.2 Å². The molecule has 12 aromatic rings. The van der Waals surface area contributed by atoms with E-state index in [9.17, 15) is 0 Å². The van der Waals surface area contributed by atoms with Gasteiger partial charge in [0, 0.05) is 36.3 Å². The predicted octanol–water partition coefficient (Wildman–Crippen LogP) is 13.0. The minimum absolute atomic E-state index is 0.829. The Morgan fingerprint density at radius 1 is 0.396 bits per heavy atom. The Morgan fingerprint density at radius 2 is 1.04 bits per heavy atom. The Labute approximate surface area is 307 Å². The number of hydrogen-bond donors (Lipinski definition) is 0. The molecule has 246 valence electrons. The number of thiophene rings is 1. The van der Waals surface area contributed by atoms with E-state index in [-0.39, 0.29) is 0 Å². The number of benzene rings is 8. The first kappa shape index (κ1) is 28.8. The SMILES string of the molecule is c1ccc2c(c1)ccc1c2c2cc(-c3ccc(-c4ccc5c(c4)sc4ccccc45)cc3)ccc2n1-c1nc2ccccc2c2nc3ccccc3n12. The van der Waals surface area contributed by atoms with Gasteiger partial charge in [-0.3, -0.25) is 8.97 Å². The summed E-state index contributed by atoms with van der Waals surface area (Å²) in [6.07, 6.45) is 0. The van der Waals surface area contributed by atoms with Gasteiger partial charge in [0.05, 0.1) is 27.6 Å². The van der Waals surface area contributed by atoms with E-state index in [2.05, 4.69) is 179 Å². The molecular weight excluding hydrogens is 665 g/mol. The number of fused-ring (bicyclic) bond motifs is 13. The molecule has 5 heteroatoms. The maximum absolute atomic E-state index is 5.39. The van der Waals surface area contributed by atoms with E-state index in [1.54, 1.807) is 0 Å². The topological polar surface area (TPSA) is 35.1 Å². The van der Waals surface area contributed by atoms with Crippen LogP contribution in [-0.4, -0.2) is 18.9 Å². The highest BCUT2D eigenvalue weighted by atomic mass is 32.1. The number of imidazole rings is 1. The first-order valence-corrected chi connectivity index (χ1v) is 18.7. The lowest BCUT2D eigenvalue weighted by Gasteiger charge is -2.13. The summed E-state index contributed by atoms with van der Waals surface area (Å²) in [7, 11) is 0. The molecule has 12 rings (SSSR count). The Morgan fingerprint density at radius 3 is 1.91 bits per heavy atom. The fourth-order valence-electron chi connectivity index (χ4n) is 8.42. The van der Waals surface area contributed by atoms with E-state index in [0.29, 0.717) is 0 Å². The average molecular weight is 693 g/mol. The lowest BCUT2D eigenvalue weighted by Crippen LogP contribution is -2.06. The lowest BCUT2D eigenvalue weighted by molar-refractivity contribution is 0.980. The number of hydrogen-bond acceptors (Lipinski definition) is 3. The summed E-state index contributed by atoms with van der Waals surface area (Å²) in [5, 5.41) is 8.56. The number of para-hydroxylation sites is 3. The van der Waals surface area contributed by atoms with Crippen molar-refractivity contribution in [1.29, 1.82) is 0 Å². The molecule has 0 aliphatic heterocycles. The van der Waals surface area contributed by atoms with Crippen molar-refractivity contribution < 1.29 is 0 Å². The summed E-state index contributed by atoms with van der Waals surface area (Å²) in [5.41, 5.74) is 10.9. The van der Waals surface area contributed by atoms with Crippen molar-refractivity contribution >= 4 is 91.7 Å². The van der Waals surface area contributed by atoms with Gasteiger partial charge in [0.2, 0.25) is 5.95 Å². The molecule has 0 fully saturated rings. The Balaban J connectivity index is 1.07. The first-order valence-electron chi connectivity index (χ1n) is 17.9. The molecule has 0 aliphatic rings. The second kappa shape index (κ2) is 10.8. The van der Waals surface area contributed by atoms with Gasteiger partial charge in [-0.15, -0.1) is 11.3 Å². The highest BCUT2D eigenvalue weighted by molar-refractivity contribution is 7.25. The third-order valence-electron chi connectivity index (χ3n) is 10.9. The molecular formula is C48H28N4S. The molecule has 53 heavy (non-hydrogen) atoms. The predicted molar refractivity (Wildman–Crippen MR) is 224 cm³/mol. The summed E-state index contributed by atoms with van der Waals surface area (Å²) in [6, 6.07) is 61.3. The molecule has 0 amide bonds. The zero-order chi connectivity index (χ0) is 34.6. The van der Waals surface area contributed by atoms with Gasteiger partial charge in [-0.25, -0.2) is 9.97 Å². The second-order valence-corrected chi connectivity index (χ2v) is 14.9. The Hall–Kier alpha value is -6.82. The third kappa shape index (κ3) is 4.17. The minimum atomic E-state index is 0.829. The van der Waals surface area contributed by atoms with E-state index in [0.717, 1.165) is 44.6 Å². The molecule has 0 aliphatic carbocycles. The standard InChI is InChI=1S/C48H28N4S/c1-2-10-34-31(9-1)22-26-43-46(34)38-27-32(29-17-19-30(20-18-29)33-21-24-36-35-11-4-8-16-44(35)53-45(36)28-33)23-25-41(38)51(43)48-50-39-13-5-3-12-37(39)47-49-40-14-6-7-15-42(40)52(47)48/h1-28H. The van der Waals surface area contributed by atoms with E-state index >= 15 is 0 Å². The van der Waals surface area contributed by atoms with Crippen molar-refractivity contribution in [3.63, 3.8) is 0 Å². The average Bonchev–Trinajstić information content (AvgIpc) is 3.90. The molecule has 0 atom stereocenters. The van der Waals surface area contributed by atoms with Gasteiger partial charge >= 0.3 is 0 Å². The molecule has 0 bridgehead atoms. The van der Waals surface area contributed by atoms with Crippen molar-refractivity contribution in [3.05, 3.63) is 170 Å². The minimum Gasteiger partial charge on any atom is -0.279 e. The van der Waals surface area contributed by atoms with Crippen molar-refractivity contribution in [2.75, 3.05) is 0 Å². The fraction of sp³-hybridized carbons (Fsp3) is 0. The molecule has 4 aromatic heterocycles. The summed E-state index contributed by atoms with van der Waals surface area (Å²) in [6.45, 7) is 0. The van der Waals surface area contributed by atoms with Crippen LogP contribution in [0.1, 0.15) is 0 Å². The van der Waals surface area contributed by atoms with Crippen molar-refractivity contribution in [2.45, 2.75) is 0 Å². The van der Waals surface area contributed by atoms with Gasteiger partial charge in [0.15, 0.2) is 0 Å². The van der Waals surface area contributed by atoms with Crippen LogP contribution in [-0.2, 0) is 0 Å². The first-order chi connectivity index (χ1) is 26.3. The lowest BCUT2D eigenvalue weighted by atomic mass is 9.97. The maximum Gasteiger partial charge on any atom is 0.221 e. The third-order valence-corrected chi connectivity index (χ3v) is 12.0. The molecule has 8 aromatic carbocycles. The van der Waals surface area contributed by atoms with Gasteiger partial charge in [-0.2, -0.15) is 0 Å². The zero-order valence-electron chi connectivity index (χ0n) is 28.4. The van der Waals surface area contributed by atoms with Crippen LogP contribution < -0.4 is 0 Å². The molecule has 0 unspecified atom stereocenters. The largest absolute Gasteiger partial charge is 0.279 e. The molecule has 0 N–H and O–H groups in total. The second-order valence-electron chi connectivity index (χ2n) is 13.8. The maximum atomic E-state index is 5.39. The number of nitrogens with zero attached hydrogens (tertiary/aromatic N) is 4. The quantitative estimate of drug-likeness (QED) is 0.185. The van der Waals surface area contributed by atoms with E-state index < -0.39 is 0 Å². The van der Waals surface area contributed by atoms with Crippen LogP contribution in [0.5, 0.6) is 0 Å². The van der Waals surface area contributed by atoms with Crippen LogP contribution in [0.15, 0.2) is 170 Å². The summed E-state index contributed by atoms with van der Waals surface area (Å²) in [4.78, 5) is 10.5. The van der Waals surface area contributed by atoms with Crippen LogP contribution in [0.25, 0.3) is 109 Å². The molecule has 0 radical (unpaired) electrons. The molecule has 0 saturated heterocycles. The van der Waals surface area contributed by atoms with Gasteiger partial charge < -0.3 is 0 Å². The van der Waals surface area contributed by atoms with Gasteiger partial charge in [0.25, 0.3) is 0 Å². The Kier molecular flexibility index (Phi) is 5.90. The van der Waals surface area contributed by atoms with Gasteiger partial charge in [-0.1, -0.05) is 115 Å². The molecule has 0 saturated carbocycles. The molecule has 4 heterocycles. The summed E-state index contributed by atoms with van der Waals surface area (Å²) in [5.74, 6) is 0.829. The summed E-state index contributed by atoms with van der Waals surface area (Å²) < 4.78 is 7.22. The zero-order valence-corrected chi connectivity index (χ0v) is 29.2. The molecule has 4 nitrogen and oxygen atoms in total. The highest BCUT2D eigenvalue weighted by Gasteiger charge is 2.21. The van der Waals surface area contributed by atoms with E-state index in [4.69, 9.17) is 9.97 Å². The number of aromatic nitrogens is 4.